The molecule has 0 radical (unpaired) electrons. The lowest BCUT2D eigenvalue weighted by molar-refractivity contribution is 1.07. The second-order valence-electron chi connectivity index (χ2n) is 8.97. The highest BCUT2D eigenvalue weighted by Gasteiger charge is 2.19. The predicted octanol–water partition coefficient (Wildman–Crippen LogP) is 8.16. The summed E-state index contributed by atoms with van der Waals surface area (Å²) in [5.41, 5.74) is 6.26. The zero-order valence-electron chi connectivity index (χ0n) is 19.1. The first-order valence-corrected chi connectivity index (χ1v) is 12.7. The van der Waals surface area contributed by atoms with E-state index in [2.05, 4.69) is 82.3 Å². The molecule has 0 saturated heterocycles. The molecular weight excluding hydrogens is 460 g/mol. The summed E-state index contributed by atoms with van der Waals surface area (Å²) in [5, 5.41) is 4.70. The first-order valence-electron chi connectivity index (χ1n) is 11.9. The molecule has 0 atom stereocenters. The Morgan fingerprint density at radius 3 is 2.28 bits per heavy atom. The molecule has 4 heterocycles. The SMILES string of the molecule is c1ccc(-c2cnc3c4cc5c(cc4n(-c4ncnc6ccccc46)c3c2)sc2ccccc25)cc1. The summed E-state index contributed by atoms with van der Waals surface area (Å²) in [6.07, 6.45) is 3.64. The van der Waals surface area contributed by atoms with E-state index in [1.54, 1.807) is 6.33 Å². The molecule has 5 heteroatoms. The van der Waals surface area contributed by atoms with Crippen LogP contribution in [0, 0.1) is 0 Å². The highest BCUT2D eigenvalue weighted by Crippen LogP contribution is 2.41. The molecule has 0 bridgehead atoms. The van der Waals surface area contributed by atoms with E-state index in [1.807, 2.05) is 41.8 Å². The number of pyridine rings is 1. The minimum absolute atomic E-state index is 0.869. The Labute approximate surface area is 210 Å². The molecule has 0 N–H and O–H groups in total. The quantitative estimate of drug-likeness (QED) is 0.252. The number of rotatable bonds is 2. The van der Waals surface area contributed by atoms with Gasteiger partial charge in [0, 0.05) is 42.7 Å². The summed E-state index contributed by atoms with van der Waals surface area (Å²) < 4.78 is 4.81. The fourth-order valence-corrected chi connectivity index (χ4v) is 6.40. The molecule has 0 saturated carbocycles. The van der Waals surface area contributed by atoms with E-state index in [9.17, 15) is 0 Å². The zero-order chi connectivity index (χ0) is 23.6. The molecule has 4 nitrogen and oxygen atoms in total. The van der Waals surface area contributed by atoms with Crippen molar-refractivity contribution in [2.24, 2.45) is 0 Å². The third-order valence-electron chi connectivity index (χ3n) is 6.94. The standard InChI is InChI=1S/C31H18N4S/c1-2-8-19(9-3-1)20-14-27-30(32-17-20)24-15-23-21-10-5-7-13-28(21)36-29(23)16-26(24)35(27)31-22-11-4-6-12-25(22)33-18-34-31/h1-18H. The van der Waals surface area contributed by atoms with Gasteiger partial charge in [-0.3, -0.25) is 9.55 Å². The monoisotopic (exact) mass is 478 g/mol. The Kier molecular flexibility index (Phi) is 4.07. The van der Waals surface area contributed by atoms with Crippen LogP contribution in [0.3, 0.4) is 0 Å². The molecule has 4 aromatic carbocycles. The number of fused-ring (bicyclic) bond motifs is 7. The second-order valence-corrected chi connectivity index (χ2v) is 10.1. The Hall–Kier alpha value is -4.61. The number of nitrogens with zero attached hydrogens (tertiary/aromatic N) is 4. The zero-order valence-corrected chi connectivity index (χ0v) is 19.9. The minimum Gasteiger partial charge on any atom is -0.291 e. The summed E-state index contributed by atoms with van der Waals surface area (Å²) >= 11 is 1.83. The summed E-state index contributed by atoms with van der Waals surface area (Å²) in [5.74, 6) is 0.869. The number of aromatic nitrogens is 4. The number of hydrogen-bond donors (Lipinski definition) is 0. The van der Waals surface area contributed by atoms with Crippen molar-refractivity contribution in [1.82, 2.24) is 19.5 Å². The predicted molar refractivity (Wildman–Crippen MR) is 150 cm³/mol. The molecule has 0 aliphatic rings. The van der Waals surface area contributed by atoms with Crippen molar-refractivity contribution in [2.75, 3.05) is 0 Å². The average Bonchev–Trinajstić information content (AvgIpc) is 3.46. The van der Waals surface area contributed by atoms with Crippen molar-refractivity contribution in [1.29, 1.82) is 0 Å². The summed E-state index contributed by atoms with van der Waals surface area (Å²) in [7, 11) is 0. The van der Waals surface area contributed by atoms with Gasteiger partial charge < -0.3 is 0 Å². The minimum atomic E-state index is 0.869. The van der Waals surface area contributed by atoms with Crippen LogP contribution in [0.5, 0.6) is 0 Å². The Bertz CT molecular complexity index is 2100. The number of benzene rings is 4. The van der Waals surface area contributed by atoms with Crippen LogP contribution >= 0.6 is 11.3 Å². The molecule has 0 fully saturated rings. The van der Waals surface area contributed by atoms with Gasteiger partial charge in [0.05, 0.1) is 22.1 Å². The lowest BCUT2D eigenvalue weighted by Gasteiger charge is -2.10. The maximum absolute atomic E-state index is 5.02. The summed E-state index contributed by atoms with van der Waals surface area (Å²) in [4.78, 5) is 14.3. The van der Waals surface area contributed by atoms with Crippen LogP contribution in [0.1, 0.15) is 0 Å². The van der Waals surface area contributed by atoms with Crippen molar-refractivity contribution in [3.05, 3.63) is 110 Å². The van der Waals surface area contributed by atoms with Crippen LogP contribution in [-0.4, -0.2) is 19.5 Å². The number of thiophene rings is 1. The van der Waals surface area contributed by atoms with Gasteiger partial charge in [-0.05, 0) is 42.0 Å². The van der Waals surface area contributed by atoms with Crippen LogP contribution in [0.15, 0.2) is 110 Å². The molecule has 0 spiro atoms. The van der Waals surface area contributed by atoms with Crippen molar-refractivity contribution in [2.45, 2.75) is 0 Å². The topological polar surface area (TPSA) is 43.6 Å². The number of hydrogen-bond acceptors (Lipinski definition) is 4. The van der Waals surface area contributed by atoms with E-state index >= 15 is 0 Å². The number of para-hydroxylation sites is 1. The van der Waals surface area contributed by atoms with Gasteiger partial charge in [-0.15, -0.1) is 11.3 Å². The van der Waals surface area contributed by atoms with Gasteiger partial charge in [-0.2, -0.15) is 0 Å². The molecule has 8 rings (SSSR count). The smallest absolute Gasteiger partial charge is 0.148 e. The molecule has 36 heavy (non-hydrogen) atoms. The molecular formula is C31H18N4S. The third kappa shape index (κ3) is 2.78. The van der Waals surface area contributed by atoms with Gasteiger partial charge in [0.2, 0.25) is 0 Å². The van der Waals surface area contributed by atoms with E-state index in [-0.39, 0.29) is 0 Å². The van der Waals surface area contributed by atoms with E-state index in [4.69, 9.17) is 9.97 Å². The highest BCUT2D eigenvalue weighted by molar-refractivity contribution is 7.25. The molecule has 0 unspecified atom stereocenters. The third-order valence-corrected chi connectivity index (χ3v) is 8.07. The van der Waals surface area contributed by atoms with Crippen LogP contribution in [-0.2, 0) is 0 Å². The van der Waals surface area contributed by atoms with Crippen LogP contribution in [0.25, 0.3) is 70.0 Å². The summed E-state index contributed by atoms with van der Waals surface area (Å²) in [6.45, 7) is 0. The van der Waals surface area contributed by atoms with Crippen molar-refractivity contribution in [3.8, 4) is 16.9 Å². The molecule has 0 aliphatic carbocycles. The normalized spacial score (nSPS) is 11.9. The van der Waals surface area contributed by atoms with Gasteiger partial charge >= 0.3 is 0 Å². The molecule has 168 valence electrons. The van der Waals surface area contributed by atoms with Gasteiger partial charge in [0.15, 0.2) is 0 Å². The lowest BCUT2D eigenvalue weighted by atomic mass is 10.1. The van der Waals surface area contributed by atoms with Gasteiger partial charge in [0.25, 0.3) is 0 Å². The van der Waals surface area contributed by atoms with Gasteiger partial charge in [0.1, 0.15) is 12.1 Å². The van der Waals surface area contributed by atoms with Crippen molar-refractivity contribution in [3.63, 3.8) is 0 Å². The fraction of sp³-hybridized carbons (Fsp3) is 0. The van der Waals surface area contributed by atoms with Crippen molar-refractivity contribution < 1.29 is 0 Å². The second kappa shape index (κ2) is 7.44. The van der Waals surface area contributed by atoms with Crippen LogP contribution in [0.4, 0.5) is 0 Å². The molecule has 8 aromatic rings. The molecule has 0 amide bonds. The van der Waals surface area contributed by atoms with E-state index in [0.29, 0.717) is 0 Å². The average molecular weight is 479 g/mol. The highest BCUT2D eigenvalue weighted by atomic mass is 32.1. The first-order chi connectivity index (χ1) is 17.8. The Morgan fingerprint density at radius 1 is 0.556 bits per heavy atom. The fourth-order valence-electron chi connectivity index (χ4n) is 5.28. The Morgan fingerprint density at radius 2 is 1.36 bits per heavy atom. The lowest BCUT2D eigenvalue weighted by Crippen LogP contribution is -2.00. The largest absolute Gasteiger partial charge is 0.291 e. The maximum Gasteiger partial charge on any atom is 0.148 e. The van der Waals surface area contributed by atoms with E-state index < -0.39 is 0 Å². The van der Waals surface area contributed by atoms with Crippen molar-refractivity contribution >= 4 is 64.3 Å². The van der Waals surface area contributed by atoms with Gasteiger partial charge in [-0.25, -0.2) is 9.97 Å². The maximum atomic E-state index is 5.02. The summed E-state index contributed by atoms with van der Waals surface area (Å²) in [6, 6.07) is 34.1. The van der Waals surface area contributed by atoms with Crippen LogP contribution in [0.2, 0.25) is 0 Å². The molecule has 4 aromatic heterocycles. The van der Waals surface area contributed by atoms with E-state index in [0.717, 1.165) is 49.8 Å². The van der Waals surface area contributed by atoms with Crippen LogP contribution < -0.4 is 0 Å². The van der Waals surface area contributed by atoms with Gasteiger partial charge in [-0.1, -0.05) is 60.7 Å². The van der Waals surface area contributed by atoms with E-state index in [1.165, 1.54) is 20.2 Å². The first kappa shape index (κ1) is 19.7. The Balaban J connectivity index is 1.55. The molecule has 0 aliphatic heterocycles.